The molecule has 2 N–H and O–H groups in total. The van der Waals surface area contributed by atoms with E-state index < -0.39 is 0 Å². The van der Waals surface area contributed by atoms with Crippen molar-refractivity contribution in [3.05, 3.63) is 65.5 Å². The van der Waals surface area contributed by atoms with Gasteiger partial charge in [-0.15, -0.1) is 0 Å². The van der Waals surface area contributed by atoms with Gasteiger partial charge in [0.15, 0.2) is 0 Å². The van der Waals surface area contributed by atoms with Crippen LogP contribution in [0.4, 0.5) is 10.1 Å². The van der Waals surface area contributed by atoms with E-state index in [1.54, 1.807) is 6.07 Å². The third kappa shape index (κ3) is 3.08. The monoisotopic (exact) mass is 283 g/mol. The van der Waals surface area contributed by atoms with Crippen LogP contribution in [0.3, 0.4) is 0 Å². The Morgan fingerprint density at radius 1 is 1.19 bits per heavy atom. The van der Waals surface area contributed by atoms with Gasteiger partial charge in [-0.3, -0.25) is 9.79 Å². The SMILES string of the molecule is O=C(Nc1cccc(C2=NCCN2)c1)c1ccc(F)cc1. The van der Waals surface area contributed by atoms with Gasteiger partial charge < -0.3 is 10.6 Å². The molecule has 0 unspecified atom stereocenters. The Morgan fingerprint density at radius 3 is 2.71 bits per heavy atom. The molecule has 21 heavy (non-hydrogen) atoms. The highest BCUT2D eigenvalue weighted by atomic mass is 19.1. The summed E-state index contributed by atoms with van der Waals surface area (Å²) in [5, 5.41) is 5.98. The Morgan fingerprint density at radius 2 is 2.00 bits per heavy atom. The second-order valence-electron chi connectivity index (χ2n) is 4.70. The minimum absolute atomic E-state index is 0.270. The lowest BCUT2D eigenvalue weighted by atomic mass is 10.1. The molecule has 0 bridgehead atoms. The molecular weight excluding hydrogens is 269 g/mol. The van der Waals surface area contributed by atoms with Crippen LogP contribution < -0.4 is 10.6 Å². The quantitative estimate of drug-likeness (QED) is 0.909. The van der Waals surface area contributed by atoms with Crippen LogP contribution in [0.5, 0.6) is 0 Å². The maximum absolute atomic E-state index is 12.9. The van der Waals surface area contributed by atoms with Crippen LogP contribution in [0.2, 0.25) is 0 Å². The predicted molar refractivity (Wildman–Crippen MR) is 80.2 cm³/mol. The van der Waals surface area contributed by atoms with E-state index in [0.717, 1.165) is 24.5 Å². The maximum Gasteiger partial charge on any atom is 0.255 e. The lowest BCUT2D eigenvalue weighted by Crippen LogP contribution is -2.19. The number of hydrogen-bond acceptors (Lipinski definition) is 3. The zero-order chi connectivity index (χ0) is 14.7. The van der Waals surface area contributed by atoms with E-state index in [1.165, 1.54) is 24.3 Å². The summed E-state index contributed by atoms with van der Waals surface area (Å²) in [6, 6.07) is 12.9. The summed E-state index contributed by atoms with van der Waals surface area (Å²) in [7, 11) is 0. The largest absolute Gasteiger partial charge is 0.368 e. The van der Waals surface area contributed by atoms with E-state index in [9.17, 15) is 9.18 Å². The van der Waals surface area contributed by atoms with Crippen molar-refractivity contribution >= 4 is 17.4 Å². The second kappa shape index (κ2) is 5.75. The molecule has 2 aromatic rings. The molecule has 2 aromatic carbocycles. The van der Waals surface area contributed by atoms with Crippen LogP contribution in [0.1, 0.15) is 15.9 Å². The lowest BCUT2D eigenvalue weighted by Gasteiger charge is -2.08. The van der Waals surface area contributed by atoms with Crippen molar-refractivity contribution in [1.29, 1.82) is 0 Å². The number of nitrogens with zero attached hydrogens (tertiary/aromatic N) is 1. The van der Waals surface area contributed by atoms with Gasteiger partial charge in [-0.2, -0.15) is 0 Å². The number of anilines is 1. The highest BCUT2D eigenvalue weighted by Gasteiger charge is 2.10. The highest BCUT2D eigenvalue weighted by molar-refractivity contribution is 6.05. The van der Waals surface area contributed by atoms with Gasteiger partial charge in [-0.25, -0.2) is 4.39 Å². The summed E-state index contributed by atoms with van der Waals surface area (Å²) in [5.41, 5.74) is 2.03. The summed E-state index contributed by atoms with van der Waals surface area (Å²) in [6.07, 6.45) is 0. The van der Waals surface area contributed by atoms with Gasteiger partial charge in [0, 0.05) is 23.4 Å². The molecule has 0 saturated heterocycles. The van der Waals surface area contributed by atoms with Crippen LogP contribution >= 0.6 is 0 Å². The lowest BCUT2D eigenvalue weighted by molar-refractivity contribution is 0.102. The number of amidine groups is 1. The van der Waals surface area contributed by atoms with E-state index >= 15 is 0 Å². The normalized spacial score (nSPS) is 13.5. The number of amides is 1. The molecule has 1 heterocycles. The van der Waals surface area contributed by atoms with Gasteiger partial charge in [0.2, 0.25) is 0 Å². The Kier molecular flexibility index (Phi) is 3.64. The van der Waals surface area contributed by atoms with E-state index in [2.05, 4.69) is 15.6 Å². The number of carbonyl (C=O) groups excluding carboxylic acids is 1. The summed E-state index contributed by atoms with van der Waals surface area (Å²) < 4.78 is 12.9. The minimum Gasteiger partial charge on any atom is -0.368 e. The summed E-state index contributed by atoms with van der Waals surface area (Å²) in [4.78, 5) is 16.4. The molecule has 1 aliphatic heterocycles. The zero-order valence-electron chi connectivity index (χ0n) is 11.3. The first kappa shape index (κ1) is 13.3. The Labute approximate surface area is 121 Å². The molecule has 0 atom stereocenters. The van der Waals surface area contributed by atoms with Gasteiger partial charge in [-0.1, -0.05) is 12.1 Å². The Hall–Kier alpha value is -2.69. The van der Waals surface area contributed by atoms with Crippen LogP contribution in [0.25, 0.3) is 0 Å². The standard InChI is InChI=1S/C16H14FN3O/c17-13-6-4-11(5-7-13)16(21)20-14-3-1-2-12(10-14)15-18-8-9-19-15/h1-7,10H,8-9H2,(H,18,19)(H,20,21). The molecule has 0 saturated carbocycles. The van der Waals surface area contributed by atoms with E-state index in [0.29, 0.717) is 11.3 Å². The van der Waals surface area contributed by atoms with Crippen molar-refractivity contribution in [2.45, 2.75) is 0 Å². The Balaban J connectivity index is 1.77. The highest BCUT2D eigenvalue weighted by Crippen LogP contribution is 2.14. The second-order valence-corrected chi connectivity index (χ2v) is 4.70. The van der Waals surface area contributed by atoms with Crippen molar-refractivity contribution in [3.63, 3.8) is 0 Å². The summed E-state index contributed by atoms with van der Waals surface area (Å²) in [5.74, 6) is 0.209. The molecule has 0 radical (unpaired) electrons. The molecule has 3 rings (SSSR count). The minimum atomic E-state index is -0.362. The first-order chi connectivity index (χ1) is 10.2. The van der Waals surface area contributed by atoms with Crippen molar-refractivity contribution < 1.29 is 9.18 Å². The third-order valence-electron chi connectivity index (χ3n) is 3.17. The molecule has 0 fully saturated rings. The predicted octanol–water partition coefficient (Wildman–Crippen LogP) is 2.43. The van der Waals surface area contributed by atoms with Crippen molar-refractivity contribution in [2.24, 2.45) is 4.99 Å². The smallest absolute Gasteiger partial charge is 0.255 e. The van der Waals surface area contributed by atoms with Gasteiger partial charge >= 0.3 is 0 Å². The van der Waals surface area contributed by atoms with Crippen LogP contribution in [0.15, 0.2) is 53.5 Å². The molecule has 4 nitrogen and oxygen atoms in total. The number of carbonyl (C=O) groups is 1. The topological polar surface area (TPSA) is 53.5 Å². The average Bonchev–Trinajstić information content (AvgIpc) is 3.02. The number of nitrogens with one attached hydrogen (secondary N) is 2. The molecule has 5 heteroatoms. The maximum atomic E-state index is 12.9. The fourth-order valence-electron chi connectivity index (χ4n) is 2.14. The van der Waals surface area contributed by atoms with E-state index in [-0.39, 0.29) is 11.7 Å². The van der Waals surface area contributed by atoms with Gasteiger partial charge in [0.05, 0.1) is 6.54 Å². The fraction of sp³-hybridized carbons (Fsp3) is 0.125. The molecule has 0 aliphatic carbocycles. The number of hydrogen-bond donors (Lipinski definition) is 2. The average molecular weight is 283 g/mol. The fourth-order valence-corrected chi connectivity index (χ4v) is 2.14. The number of benzene rings is 2. The summed E-state index contributed by atoms with van der Waals surface area (Å²) in [6.45, 7) is 1.60. The first-order valence-electron chi connectivity index (χ1n) is 6.68. The third-order valence-corrected chi connectivity index (χ3v) is 3.17. The van der Waals surface area contributed by atoms with Gasteiger partial charge in [0.1, 0.15) is 11.7 Å². The molecule has 1 amide bonds. The van der Waals surface area contributed by atoms with Crippen LogP contribution in [0, 0.1) is 5.82 Å². The van der Waals surface area contributed by atoms with Crippen LogP contribution in [-0.2, 0) is 0 Å². The molecule has 1 aliphatic rings. The number of aliphatic imine (C=N–C) groups is 1. The van der Waals surface area contributed by atoms with Crippen molar-refractivity contribution in [2.75, 3.05) is 18.4 Å². The number of rotatable bonds is 3. The summed E-state index contributed by atoms with van der Waals surface area (Å²) >= 11 is 0. The van der Waals surface area contributed by atoms with Crippen molar-refractivity contribution in [3.8, 4) is 0 Å². The van der Waals surface area contributed by atoms with Crippen LogP contribution in [-0.4, -0.2) is 24.8 Å². The zero-order valence-corrected chi connectivity index (χ0v) is 11.3. The molecule has 0 spiro atoms. The Bertz CT molecular complexity index is 695. The van der Waals surface area contributed by atoms with Gasteiger partial charge in [-0.05, 0) is 36.4 Å². The molecule has 106 valence electrons. The van der Waals surface area contributed by atoms with Crippen molar-refractivity contribution in [1.82, 2.24) is 5.32 Å². The van der Waals surface area contributed by atoms with Gasteiger partial charge in [0.25, 0.3) is 5.91 Å². The molecular formula is C16H14FN3O. The van der Waals surface area contributed by atoms with E-state index in [4.69, 9.17) is 0 Å². The first-order valence-corrected chi connectivity index (χ1v) is 6.68. The number of halogens is 1. The molecule has 0 aromatic heterocycles. The van der Waals surface area contributed by atoms with E-state index in [1.807, 2.05) is 18.2 Å².